The van der Waals surface area contributed by atoms with Crippen molar-refractivity contribution in [3.8, 4) is 5.69 Å². The molecule has 5 rings (SSSR count). The summed E-state index contributed by atoms with van der Waals surface area (Å²) in [6.07, 6.45) is 1.85. The molecule has 0 radical (unpaired) electrons. The van der Waals surface area contributed by atoms with Crippen LogP contribution in [0.15, 0.2) is 72.9 Å². The third kappa shape index (κ3) is 3.70. The van der Waals surface area contributed by atoms with E-state index in [-0.39, 0.29) is 12.1 Å². The molecule has 0 aliphatic carbocycles. The van der Waals surface area contributed by atoms with Crippen molar-refractivity contribution in [3.63, 3.8) is 0 Å². The highest BCUT2D eigenvalue weighted by Gasteiger charge is 2.42. The molecule has 2 aromatic heterocycles. The van der Waals surface area contributed by atoms with Crippen LogP contribution in [0.2, 0.25) is 0 Å². The minimum absolute atomic E-state index is 0.0178. The first-order chi connectivity index (χ1) is 16.4. The molecule has 34 heavy (non-hydrogen) atoms. The van der Waals surface area contributed by atoms with E-state index in [1.165, 1.54) is 39.3 Å². The fourth-order valence-electron chi connectivity index (χ4n) is 5.49. The van der Waals surface area contributed by atoms with Crippen molar-refractivity contribution in [2.24, 2.45) is 0 Å². The van der Waals surface area contributed by atoms with Gasteiger partial charge in [0.1, 0.15) is 0 Å². The first-order valence-electron chi connectivity index (χ1n) is 11.7. The Bertz CT molecular complexity index is 1330. The molecule has 1 N–H and O–H groups in total. The highest BCUT2D eigenvalue weighted by molar-refractivity contribution is 7.80. The van der Waals surface area contributed by atoms with Crippen molar-refractivity contribution in [1.29, 1.82) is 0 Å². The van der Waals surface area contributed by atoms with Crippen LogP contribution < -0.4 is 10.2 Å². The molecule has 0 saturated carbocycles. The van der Waals surface area contributed by atoms with Crippen LogP contribution in [0.5, 0.6) is 0 Å². The van der Waals surface area contributed by atoms with Crippen LogP contribution in [-0.2, 0) is 0 Å². The lowest BCUT2D eigenvalue weighted by Crippen LogP contribution is -2.29. The smallest absolute Gasteiger partial charge is 0.174 e. The predicted octanol–water partition coefficient (Wildman–Crippen LogP) is 6.59. The fraction of sp³-hybridized carbons (Fsp3) is 0.241. The number of aryl methyl sites for hydroxylation is 4. The lowest BCUT2D eigenvalue weighted by Gasteiger charge is -2.28. The number of hydrogen-bond acceptors (Lipinski definition) is 2. The van der Waals surface area contributed by atoms with Crippen molar-refractivity contribution in [1.82, 2.24) is 14.9 Å². The minimum atomic E-state index is -0.0527. The number of rotatable bonds is 4. The summed E-state index contributed by atoms with van der Waals surface area (Å²) in [5.74, 6) is 0. The Morgan fingerprint density at radius 3 is 2.18 bits per heavy atom. The summed E-state index contributed by atoms with van der Waals surface area (Å²) in [4.78, 5) is 6.94. The molecule has 1 saturated heterocycles. The number of hydrogen-bond donors (Lipinski definition) is 1. The monoisotopic (exact) mass is 466 g/mol. The number of pyridine rings is 1. The average molecular weight is 467 g/mol. The predicted molar refractivity (Wildman–Crippen MR) is 144 cm³/mol. The van der Waals surface area contributed by atoms with Gasteiger partial charge in [0.15, 0.2) is 5.11 Å². The number of benzene rings is 2. The van der Waals surface area contributed by atoms with E-state index in [1.54, 1.807) is 0 Å². The van der Waals surface area contributed by atoms with Gasteiger partial charge in [0.2, 0.25) is 0 Å². The number of aromatic nitrogens is 2. The first-order valence-corrected chi connectivity index (χ1v) is 12.1. The van der Waals surface area contributed by atoms with Crippen LogP contribution in [-0.4, -0.2) is 14.7 Å². The molecule has 5 heteroatoms. The standard InChI is InChI=1S/C29H30N4S/c1-18-15-19(2)27(20(3)16-18)32-21(4)17-24(22(32)5)28-26(25-13-9-10-14-30-25)31-29(34)33(28)23-11-7-6-8-12-23/h6-17,26,28H,1-5H3,(H,31,34)/t26-,28+/m1/s1. The molecule has 0 bridgehead atoms. The molecule has 4 aromatic rings. The van der Waals surface area contributed by atoms with Gasteiger partial charge in [-0.25, -0.2) is 0 Å². The summed E-state index contributed by atoms with van der Waals surface area (Å²) < 4.78 is 2.40. The van der Waals surface area contributed by atoms with Gasteiger partial charge >= 0.3 is 0 Å². The van der Waals surface area contributed by atoms with Gasteiger partial charge < -0.3 is 14.8 Å². The molecule has 0 amide bonds. The van der Waals surface area contributed by atoms with E-state index < -0.39 is 0 Å². The summed E-state index contributed by atoms with van der Waals surface area (Å²) >= 11 is 5.89. The van der Waals surface area contributed by atoms with Crippen LogP contribution in [0.25, 0.3) is 5.69 Å². The zero-order chi connectivity index (χ0) is 24.0. The number of nitrogens with zero attached hydrogens (tertiary/aromatic N) is 3. The maximum atomic E-state index is 5.89. The molecule has 4 nitrogen and oxygen atoms in total. The summed E-state index contributed by atoms with van der Waals surface area (Å²) in [7, 11) is 0. The maximum absolute atomic E-state index is 5.89. The number of thiocarbonyl (C=S) groups is 1. The lowest BCUT2D eigenvalue weighted by atomic mass is 9.96. The molecule has 2 aromatic carbocycles. The SMILES string of the molecule is Cc1cc(C)c(-n2c(C)cc([C@H]3[C@@H](c4ccccn4)NC(=S)N3c3ccccc3)c2C)c(C)c1. The lowest BCUT2D eigenvalue weighted by molar-refractivity contribution is 0.565. The quantitative estimate of drug-likeness (QED) is 0.344. The Balaban J connectivity index is 1.71. The number of para-hydroxylation sites is 1. The van der Waals surface area contributed by atoms with Crippen molar-refractivity contribution >= 4 is 23.0 Å². The van der Waals surface area contributed by atoms with E-state index in [0.29, 0.717) is 0 Å². The van der Waals surface area contributed by atoms with Crippen molar-refractivity contribution in [3.05, 3.63) is 112 Å². The van der Waals surface area contributed by atoms with Crippen molar-refractivity contribution in [2.45, 2.75) is 46.7 Å². The van der Waals surface area contributed by atoms with Crippen molar-refractivity contribution < 1.29 is 0 Å². The van der Waals surface area contributed by atoms with Crippen LogP contribution in [0.1, 0.15) is 51.4 Å². The Morgan fingerprint density at radius 2 is 1.53 bits per heavy atom. The molecule has 3 heterocycles. The number of nitrogens with one attached hydrogen (secondary N) is 1. The van der Waals surface area contributed by atoms with Crippen LogP contribution in [0, 0.1) is 34.6 Å². The molecular formula is C29H30N4S. The third-order valence-corrected chi connectivity index (χ3v) is 7.09. The summed E-state index contributed by atoms with van der Waals surface area (Å²) in [5.41, 5.74) is 10.9. The average Bonchev–Trinajstić information content (AvgIpc) is 3.30. The summed E-state index contributed by atoms with van der Waals surface area (Å²) in [6.45, 7) is 11.0. The third-order valence-electron chi connectivity index (χ3n) is 6.78. The zero-order valence-corrected chi connectivity index (χ0v) is 21.1. The normalized spacial score (nSPS) is 17.8. The topological polar surface area (TPSA) is 33.1 Å². The number of anilines is 1. The van der Waals surface area contributed by atoms with Gasteiger partial charge in [0.05, 0.1) is 23.5 Å². The van der Waals surface area contributed by atoms with E-state index >= 15 is 0 Å². The molecule has 2 atom stereocenters. The van der Waals surface area contributed by atoms with Gasteiger partial charge in [-0.05, 0) is 93.9 Å². The van der Waals surface area contributed by atoms with E-state index in [1.807, 2.05) is 24.4 Å². The van der Waals surface area contributed by atoms with Crippen LogP contribution in [0.3, 0.4) is 0 Å². The van der Waals surface area contributed by atoms with Gasteiger partial charge in [0, 0.05) is 23.3 Å². The Kier molecular flexibility index (Phi) is 5.74. The fourth-order valence-corrected chi connectivity index (χ4v) is 5.84. The van der Waals surface area contributed by atoms with Gasteiger partial charge in [-0.15, -0.1) is 0 Å². The Labute approximate surface area is 207 Å². The molecule has 1 aliphatic heterocycles. The first kappa shape index (κ1) is 22.4. The molecule has 0 unspecified atom stereocenters. The summed E-state index contributed by atoms with van der Waals surface area (Å²) in [6, 6.07) is 23.2. The molecule has 1 fully saturated rings. The minimum Gasteiger partial charge on any atom is -0.351 e. The van der Waals surface area contributed by atoms with Crippen molar-refractivity contribution in [2.75, 3.05) is 4.90 Å². The molecule has 172 valence electrons. The molecule has 1 aliphatic rings. The second-order valence-electron chi connectivity index (χ2n) is 9.24. The molecule has 0 spiro atoms. The van der Waals surface area contributed by atoms with E-state index in [4.69, 9.17) is 17.2 Å². The van der Waals surface area contributed by atoms with Crippen LogP contribution >= 0.6 is 12.2 Å². The zero-order valence-electron chi connectivity index (χ0n) is 20.3. The van der Waals surface area contributed by atoms with E-state index in [2.05, 4.69) is 97.9 Å². The highest BCUT2D eigenvalue weighted by atomic mass is 32.1. The van der Waals surface area contributed by atoms with Gasteiger partial charge in [-0.2, -0.15) is 0 Å². The Hall–Kier alpha value is -3.44. The van der Waals surface area contributed by atoms with Gasteiger partial charge in [0.25, 0.3) is 0 Å². The maximum Gasteiger partial charge on any atom is 0.174 e. The van der Waals surface area contributed by atoms with Crippen LogP contribution in [0.4, 0.5) is 5.69 Å². The molecular weight excluding hydrogens is 436 g/mol. The Morgan fingerprint density at radius 1 is 0.853 bits per heavy atom. The van der Waals surface area contributed by atoms with Gasteiger partial charge in [-0.1, -0.05) is 42.0 Å². The second-order valence-corrected chi connectivity index (χ2v) is 9.63. The summed E-state index contributed by atoms with van der Waals surface area (Å²) in [5, 5.41) is 4.30. The van der Waals surface area contributed by atoms with Gasteiger partial charge in [-0.3, -0.25) is 4.98 Å². The highest BCUT2D eigenvalue weighted by Crippen LogP contribution is 2.44. The largest absolute Gasteiger partial charge is 0.351 e. The van der Waals surface area contributed by atoms with E-state index in [9.17, 15) is 0 Å². The second kappa shape index (κ2) is 8.73. The van der Waals surface area contributed by atoms with E-state index in [0.717, 1.165) is 16.5 Å².